The van der Waals surface area contributed by atoms with E-state index in [-0.39, 0.29) is 11.6 Å². The molecule has 0 saturated carbocycles. The van der Waals surface area contributed by atoms with Crippen LogP contribution in [0.3, 0.4) is 0 Å². The van der Waals surface area contributed by atoms with E-state index in [0.717, 1.165) is 10.6 Å². The lowest BCUT2D eigenvalue weighted by Crippen LogP contribution is -2.28. The van der Waals surface area contributed by atoms with Gasteiger partial charge in [-0.2, -0.15) is 0 Å². The second kappa shape index (κ2) is 4.78. The van der Waals surface area contributed by atoms with Gasteiger partial charge >= 0.3 is 5.97 Å². The maximum Gasteiger partial charge on any atom is 0.341 e. The van der Waals surface area contributed by atoms with Gasteiger partial charge in [-0.3, -0.25) is 4.79 Å². The predicted molar refractivity (Wildman–Crippen MR) is 71.4 cm³/mol. The van der Waals surface area contributed by atoms with Crippen LogP contribution in [0.15, 0.2) is 34.4 Å². The molecule has 0 amide bonds. The van der Waals surface area contributed by atoms with E-state index < -0.39 is 11.5 Å². The molecule has 2 aromatic heterocycles. The Hall–Kier alpha value is -1.88. The molecule has 94 valence electrons. The van der Waals surface area contributed by atoms with Gasteiger partial charge in [0.05, 0.1) is 10.6 Å². The van der Waals surface area contributed by atoms with E-state index in [1.807, 2.05) is 31.4 Å². The Bertz CT molecular complexity index is 626. The Balaban J connectivity index is 2.73. The molecule has 0 saturated heterocycles. The van der Waals surface area contributed by atoms with Crippen molar-refractivity contribution in [2.75, 3.05) is 0 Å². The number of rotatable bonds is 3. The van der Waals surface area contributed by atoms with Gasteiger partial charge in [-0.15, -0.1) is 11.3 Å². The molecule has 0 unspecified atom stereocenters. The number of carboxylic acid groups (broad SMARTS) is 1. The predicted octanol–water partition coefficient (Wildman–Crippen LogP) is 2.86. The molecule has 2 heterocycles. The topological polar surface area (TPSA) is 59.3 Å². The number of carboxylic acids is 1. The van der Waals surface area contributed by atoms with Crippen LogP contribution in [-0.4, -0.2) is 15.6 Å². The van der Waals surface area contributed by atoms with Crippen LogP contribution in [0.1, 0.15) is 30.2 Å². The van der Waals surface area contributed by atoms with Gasteiger partial charge < -0.3 is 9.67 Å². The van der Waals surface area contributed by atoms with Crippen molar-refractivity contribution < 1.29 is 9.90 Å². The van der Waals surface area contributed by atoms with E-state index in [2.05, 4.69) is 0 Å². The minimum atomic E-state index is -1.19. The number of hydrogen-bond acceptors (Lipinski definition) is 3. The van der Waals surface area contributed by atoms with Crippen LogP contribution >= 0.6 is 11.3 Å². The van der Waals surface area contributed by atoms with Crippen molar-refractivity contribution in [3.05, 3.63) is 45.6 Å². The highest BCUT2D eigenvalue weighted by Gasteiger charge is 2.16. The molecule has 0 aliphatic heterocycles. The summed E-state index contributed by atoms with van der Waals surface area (Å²) in [6.45, 7) is 3.73. The SMILES string of the molecule is CC(C)n1c(-c2cccs2)ccc(C(=O)O)c1=O. The van der Waals surface area contributed by atoms with Crippen LogP contribution in [-0.2, 0) is 0 Å². The molecule has 5 heteroatoms. The first-order valence-corrected chi connectivity index (χ1v) is 6.43. The van der Waals surface area contributed by atoms with Crippen molar-refractivity contribution in [3.63, 3.8) is 0 Å². The first-order valence-electron chi connectivity index (χ1n) is 5.55. The van der Waals surface area contributed by atoms with Crippen LogP contribution in [0, 0.1) is 0 Å². The lowest BCUT2D eigenvalue weighted by molar-refractivity contribution is 0.0694. The third-order valence-electron chi connectivity index (χ3n) is 2.64. The number of pyridine rings is 1. The number of thiophene rings is 1. The lowest BCUT2D eigenvalue weighted by atomic mass is 10.2. The molecular formula is C13H13NO3S. The summed E-state index contributed by atoms with van der Waals surface area (Å²) >= 11 is 1.52. The zero-order valence-corrected chi connectivity index (χ0v) is 10.9. The zero-order chi connectivity index (χ0) is 13.3. The average molecular weight is 263 g/mol. The second-order valence-corrected chi connectivity index (χ2v) is 5.13. The van der Waals surface area contributed by atoms with Crippen molar-refractivity contribution in [2.24, 2.45) is 0 Å². The van der Waals surface area contributed by atoms with Crippen molar-refractivity contribution in [1.82, 2.24) is 4.57 Å². The number of aromatic carboxylic acids is 1. The maximum absolute atomic E-state index is 12.2. The normalized spacial score (nSPS) is 10.8. The molecule has 0 fully saturated rings. The standard InChI is InChI=1S/C13H13NO3S/c1-8(2)14-10(11-4-3-7-18-11)6-5-9(12(14)15)13(16)17/h3-8H,1-2H3,(H,16,17). The summed E-state index contributed by atoms with van der Waals surface area (Å²) in [5, 5.41) is 10.9. The van der Waals surface area contributed by atoms with E-state index in [9.17, 15) is 9.59 Å². The average Bonchev–Trinajstić information content (AvgIpc) is 2.80. The summed E-state index contributed by atoms with van der Waals surface area (Å²) in [5.74, 6) is -1.19. The first-order chi connectivity index (χ1) is 8.52. The number of hydrogen-bond donors (Lipinski definition) is 1. The molecule has 1 N–H and O–H groups in total. The molecule has 2 rings (SSSR count). The molecule has 0 aliphatic carbocycles. The summed E-state index contributed by atoms with van der Waals surface area (Å²) in [4.78, 5) is 24.1. The highest BCUT2D eigenvalue weighted by atomic mass is 32.1. The van der Waals surface area contributed by atoms with Crippen LogP contribution < -0.4 is 5.56 Å². The van der Waals surface area contributed by atoms with Crippen LogP contribution in [0.5, 0.6) is 0 Å². The Morgan fingerprint density at radius 3 is 2.56 bits per heavy atom. The van der Waals surface area contributed by atoms with Gasteiger partial charge in [-0.05, 0) is 37.4 Å². The Morgan fingerprint density at radius 1 is 1.33 bits per heavy atom. The molecule has 0 atom stereocenters. The fraction of sp³-hybridized carbons (Fsp3) is 0.231. The highest BCUT2D eigenvalue weighted by Crippen LogP contribution is 2.25. The Morgan fingerprint density at radius 2 is 2.06 bits per heavy atom. The van der Waals surface area contributed by atoms with E-state index in [0.29, 0.717) is 0 Å². The minimum absolute atomic E-state index is 0.0890. The first kappa shape index (κ1) is 12.6. The van der Waals surface area contributed by atoms with Gasteiger partial charge in [-0.1, -0.05) is 6.07 Å². The van der Waals surface area contributed by atoms with Crippen molar-refractivity contribution in [1.29, 1.82) is 0 Å². The molecule has 0 aliphatic rings. The quantitative estimate of drug-likeness (QED) is 0.926. The summed E-state index contributed by atoms with van der Waals surface area (Å²) in [7, 11) is 0. The third-order valence-corrected chi connectivity index (χ3v) is 3.53. The van der Waals surface area contributed by atoms with Crippen LogP contribution in [0.25, 0.3) is 10.6 Å². The fourth-order valence-corrected chi connectivity index (χ4v) is 2.60. The Kier molecular flexibility index (Phi) is 3.34. The van der Waals surface area contributed by atoms with E-state index in [1.54, 1.807) is 6.07 Å². The molecule has 0 radical (unpaired) electrons. The third kappa shape index (κ3) is 2.09. The van der Waals surface area contributed by atoms with Gasteiger partial charge in [0.2, 0.25) is 0 Å². The van der Waals surface area contributed by atoms with Gasteiger partial charge in [-0.25, -0.2) is 4.79 Å². The summed E-state index contributed by atoms with van der Waals surface area (Å²) in [6, 6.07) is 6.79. The van der Waals surface area contributed by atoms with Crippen LogP contribution in [0.2, 0.25) is 0 Å². The smallest absolute Gasteiger partial charge is 0.341 e. The van der Waals surface area contributed by atoms with E-state index in [4.69, 9.17) is 5.11 Å². The van der Waals surface area contributed by atoms with Crippen molar-refractivity contribution in [3.8, 4) is 10.6 Å². The molecule has 2 aromatic rings. The minimum Gasteiger partial charge on any atom is -0.477 e. The highest BCUT2D eigenvalue weighted by molar-refractivity contribution is 7.13. The fourth-order valence-electron chi connectivity index (χ4n) is 1.85. The van der Waals surface area contributed by atoms with E-state index >= 15 is 0 Å². The van der Waals surface area contributed by atoms with Crippen LogP contribution in [0.4, 0.5) is 0 Å². The van der Waals surface area contributed by atoms with Crippen molar-refractivity contribution in [2.45, 2.75) is 19.9 Å². The summed E-state index contributed by atoms with van der Waals surface area (Å²) < 4.78 is 1.52. The van der Waals surface area contributed by atoms with Gasteiger partial charge in [0, 0.05) is 6.04 Å². The Labute approximate surface area is 108 Å². The summed E-state index contributed by atoms with van der Waals surface area (Å²) in [5.41, 5.74) is 0.113. The number of carbonyl (C=O) groups is 1. The van der Waals surface area contributed by atoms with Crippen molar-refractivity contribution >= 4 is 17.3 Å². The monoisotopic (exact) mass is 263 g/mol. The van der Waals surface area contributed by atoms with Gasteiger partial charge in [0.15, 0.2) is 0 Å². The largest absolute Gasteiger partial charge is 0.477 e. The maximum atomic E-state index is 12.2. The molecule has 0 spiro atoms. The van der Waals surface area contributed by atoms with E-state index in [1.165, 1.54) is 22.0 Å². The number of aromatic nitrogens is 1. The lowest BCUT2D eigenvalue weighted by Gasteiger charge is -2.16. The molecule has 18 heavy (non-hydrogen) atoms. The number of nitrogens with zero attached hydrogens (tertiary/aromatic N) is 1. The molecule has 0 bridgehead atoms. The molecule has 0 aromatic carbocycles. The zero-order valence-electron chi connectivity index (χ0n) is 10.1. The second-order valence-electron chi connectivity index (χ2n) is 4.18. The van der Waals surface area contributed by atoms with Gasteiger partial charge in [0.1, 0.15) is 5.56 Å². The molecule has 4 nitrogen and oxygen atoms in total. The summed E-state index contributed by atoms with van der Waals surface area (Å²) in [6.07, 6.45) is 0. The van der Waals surface area contributed by atoms with Gasteiger partial charge in [0.25, 0.3) is 5.56 Å². The molecular weight excluding hydrogens is 250 g/mol.